The van der Waals surface area contributed by atoms with E-state index in [2.05, 4.69) is 10.6 Å². The summed E-state index contributed by atoms with van der Waals surface area (Å²) in [5, 5.41) is 6.74. The summed E-state index contributed by atoms with van der Waals surface area (Å²) in [6.07, 6.45) is 0.328. The highest BCUT2D eigenvalue weighted by molar-refractivity contribution is 5.82. The maximum absolute atomic E-state index is 13.1. The van der Waals surface area contributed by atoms with E-state index < -0.39 is 5.54 Å². The van der Waals surface area contributed by atoms with Crippen molar-refractivity contribution in [3.05, 3.63) is 71.8 Å². The lowest BCUT2D eigenvalue weighted by molar-refractivity contribution is -0.162. The Morgan fingerprint density at radius 1 is 1.12 bits per heavy atom. The van der Waals surface area contributed by atoms with Gasteiger partial charge in [0.15, 0.2) is 0 Å². The van der Waals surface area contributed by atoms with E-state index in [9.17, 15) is 4.79 Å². The van der Waals surface area contributed by atoms with Gasteiger partial charge in [-0.25, -0.2) is 4.79 Å². The summed E-state index contributed by atoms with van der Waals surface area (Å²) in [6, 6.07) is 19.8. The molecule has 0 aliphatic carbocycles. The van der Waals surface area contributed by atoms with Crippen LogP contribution in [0.1, 0.15) is 17.5 Å². The van der Waals surface area contributed by atoms with Crippen LogP contribution in [0.5, 0.6) is 0 Å². The van der Waals surface area contributed by atoms with E-state index in [1.165, 1.54) is 0 Å². The maximum atomic E-state index is 13.1. The summed E-state index contributed by atoms with van der Waals surface area (Å²) in [5.41, 5.74) is 1.24. The lowest BCUT2D eigenvalue weighted by atomic mass is 9.85. The van der Waals surface area contributed by atoms with Crippen molar-refractivity contribution in [2.45, 2.75) is 31.2 Å². The predicted molar refractivity (Wildman–Crippen MR) is 101 cm³/mol. The average molecular weight is 354 g/mol. The first kappa shape index (κ1) is 18.6. The van der Waals surface area contributed by atoms with Crippen molar-refractivity contribution in [1.29, 1.82) is 0 Å². The molecule has 26 heavy (non-hydrogen) atoms. The van der Waals surface area contributed by atoms with Gasteiger partial charge in [-0.3, -0.25) is 5.32 Å². The minimum atomic E-state index is -0.857. The molecule has 5 nitrogen and oxygen atoms in total. The number of hydrogen-bond acceptors (Lipinski definition) is 5. The molecule has 0 amide bonds. The van der Waals surface area contributed by atoms with Crippen LogP contribution in [0, 0.1) is 0 Å². The molecule has 0 unspecified atom stereocenters. The zero-order chi connectivity index (χ0) is 18.2. The van der Waals surface area contributed by atoms with Gasteiger partial charge in [-0.05, 0) is 24.1 Å². The van der Waals surface area contributed by atoms with Crippen molar-refractivity contribution in [2.24, 2.45) is 0 Å². The Hall–Kier alpha value is -2.21. The summed E-state index contributed by atoms with van der Waals surface area (Å²) in [4.78, 5) is 13.1. The largest absolute Gasteiger partial charge is 0.459 e. The van der Waals surface area contributed by atoms with E-state index in [0.29, 0.717) is 19.5 Å². The van der Waals surface area contributed by atoms with E-state index in [1.54, 1.807) is 7.11 Å². The average Bonchev–Trinajstić information content (AvgIpc) is 2.72. The minimum Gasteiger partial charge on any atom is -0.459 e. The summed E-state index contributed by atoms with van der Waals surface area (Å²) in [5.74, 6) is -0.259. The quantitative estimate of drug-likeness (QED) is 0.747. The first-order chi connectivity index (χ1) is 12.7. The van der Waals surface area contributed by atoms with Crippen LogP contribution in [0.15, 0.2) is 60.7 Å². The number of carbonyl (C=O) groups excluding carboxylic acids is 1. The van der Waals surface area contributed by atoms with E-state index in [-0.39, 0.29) is 18.7 Å². The molecule has 3 rings (SSSR count). The number of piperidine rings is 1. The molecular formula is C21H26N2O3. The zero-order valence-corrected chi connectivity index (χ0v) is 15.1. The minimum absolute atomic E-state index is 0.259. The first-order valence-corrected chi connectivity index (χ1v) is 8.98. The first-order valence-electron chi connectivity index (χ1n) is 8.98. The highest BCUT2D eigenvalue weighted by Gasteiger charge is 2.48. The molecule has 2 N–H and O–H groups in total. The fourth-order valence-electron chi connectivity index (χ4n) is 3.35. The van der Waals surface area contributed by atoms with E-state index in [0.717, 1.165) is 17.7 Å². The van der Waals surface area contributed by atoms with Crippen LogP contribution >= 0.6 is 0 Å². The van der Waals surface area contributed by atoms with Gasteiger partial charge < -0.3 is 14.8 Å². The van der Waals surface area contributed by atoms with Crippen molar-refractivity contribution >= 4 is 5.97 Å². The topological polar surface area (TPSA) is 59.6 Å². The van der Waals surface area contributed by atoms with Crippen LogP contribution in [0.25, 0.3) is 0 Å². The lowest BCUT2D eigenvalue weighted by Crippen LogP contribution is -2.67. The van der Waals surface area contributed by atoms with E-state index in [4.69, 9.17) is 9.47 Å². The van der Waals surface area contributed by atoms with Crippen molar-refractivity contribution in [3.63, 3.8) is 0 Å². The second-order valence-corrected chi connectivity index (χ2v) is 6.55. The van der Waals surface area contributed by atoms with Crippen molar-refractivity contribution < 1.29 is 14.3 Å². The van der Waals surface area contributed by atoms with Gasteiger partial charge in [0.1, 0.15) is 12.1 Å². The van der Waals surface area contributed by atoms with Crippen LogP contribution in [-0.2, 0) is 27.4 Å². The number of methoxy groups -OCH3 is 1. The van der Waals surface area contributed by atoms with Crippen molar-refractivity contribution in [1.82, 2.24) is 10.6 Å². The molecule has 1 fully saturated rings. The number of benzene rings is 2. The Labute approximate surface area is 154 Å². The lowest BCUT2D eigenvalue weighted by Gasteiger charge is -2.42. The highest BCUT2D eigenvalue weighted by atomic mass is 16.5. The van der Waals surface area contributed by atoms with Crippen LogP contribution in [0.2, 0.25) is 0 Å². The Morgan fingerprint density at radius 2 is 1.77 bits per heavy atom. The van der Waals surface area contributed by atoms with Gasteiger partial charge >= 0.3 is 5.97 Å². The van der Waals surface area contributed by atoms with Gasteiger partial charge in [0.05, 0.1) is 6.10 Å². The number of ether oxygens (including phenoxy) is 2. The Bertz CT molecular complexity index is 693. The Kier molecular flexibility index (Phi) is 6.39. The fourth-order valence-corrected chi connectivity index (χ4v) is 3.35. The molecule has 1 heterocycles. The smallest absolute Gasteiger partial charge is 0.329 e. The molecule has 0 saturated carbocycles. The molecule has 0 spiro atoms. The second-order valence-electron chi connectivity index (χ2n) is 6.55. The SMILES string of the molecule is CO[C@H]1CNCC[C@]1(NCc1ccccc1)C(=O)OCc1ccccc1. The van der Waals surface area contributed by atoms with Gasteiger partial charge in [0, 0.05) is 20.2 Å². The number of hydrogen-bond donors (Lipinski definition) is 2. The third-order valence-corrected chi connectivity index (χ3v) is 4.89. The molecule has 2 aromatic carbocycles. The van der Waals surface area contributed by atoms with E-state index in [1.807, 2.05) is 60.7 Å². The monoisotopic (exact) mass is 354 g/mol. The van der Waals surface area contributed by atoms with Gasteiger partial charge in [-0.1, -0.05) is 60.7 Å². The highest BCUT2D eigenvalue weighted by Crippen LogP contribution is 2.24. The van der Waals surface area contributed by atoms with Gasteiger partial charge in [0.2, 0.25) is 0 Å². The Morgan fingerprint density at radius 3 is 2.42 bits per heavy atom. The van der Waals surface area contributed by atoms with Crippen molar-refractivity contribution in [2.75, 3.05) is 20.2 Å². The summed E-state index contributed by atoms with van der Waals surface area (Å²) in [7, 11) is 1.64. The van der Waals surface area contributed by atoms with Crippen LogP contribution in [0.4, 0.5) is 0 Å². The predicted octanol–water partition coefficient (Wildman–Crippen LogP) is 2.27. The molecule has 1 saturated heterocycles. The molecule has 138 valence electrons. The molecule has 2 atom stereocenters. The van der Waals surface area contributed by atoms with Crippen LogP contribution in [-0.4, -0.2) is 37.8 Å². The van der Waals surface area contributed by atoms with Crippen molar-refractivity contribution in [3.8, 4) is 0 Å². The third-order valence-electron chi connectivity index (χ3n) is 4.89. The molecule has 1 aliphatic rings. The molecule has 0 radical (unpaired) electrons. The van der Waals surface area contributed by atoms with Gasteiger partial charge in [-0.15, -0.1) is 0 Å². The van der Waals surface area contributed by atoms with E-state index >= 15 is 0 Å². The molecule has 2 aromatic rings. The maximum Gasteiger partial charge on any atom is 0.329 e. The summed E-state index contributed by atoms with van der Waals surface area (Å²) >= 11 is 0. The van der Waals surface area contributed by atoms with Crippen LogP contribution < -0.4 is 10.6 Å². The molecule has 0 bridgehead atoms. The van der Waals surface area contributed by atoms with Gasteiger partial charge in [-0.2, -0.15) is 0 Å². The molecule has 1 aliphatic heterocycles. The molecule has 0 aromatic heterocycles. The Balaban J connectivity index is 1.74. The van der Waals surface area contributed by atoms with Gasteiger partial charge in [0.25, 0.3) is 0 Å². The molecule has 5 heteroatoms. The molecular weight excluding hydrogens is 328 g/mol. The van der Waals surface area contributed by atoms with Crippen LogP contribution in [0.3, 0.4) is 0 Å². The number of nitrogens with one attached hydrogen (secondary N) is 2. The second kappa shape index (κ2) is 8.94. The number of esters is 1. The third kappa shape index (κ3) is 4.30. The summed E-state index contributed by atoms with van der Waals surface area (Å²) < 4.78 is 11.3. The summed E-state index contributed by atoms with van der Waals surface area (Å²) in [6.45, 7) is 2.19. The standard InChI is InChI=1S/C21H26N2O3/c1-25-19-15-22-13-12-21(19,23-14-17-8-4-2-5-9-17)20(24)26-16-18-10-6-3-7-11-18/h2-11,19,22-23H,12-16H2,1H3/t19-,21+/m0/s1. The fraction of sp³-hybridized carbons (Fsp3) is 0.381. The number of carbonyl (C=O) groups is 1. The zero-order valence-electron chi connectivity index (χ0n) is 15.1. The number of rotatable bonds is 7. The normalized spacial score (nSPS) is 22.7.